The highest BCUT2D eigenvalue weighted by Crippen LogP contribution is 2.12. The van der Waals surface area contributed by atoms with E-state index in [1.165, 1.54) is 4.52 Å². The van der Waals surface area contributed by atoms with Crippen LogP contribution in [0.2, 0.25) is 5.02 Å². The summed E-state index contributed by atoms with van der Waals surface area (Å²) in [4.78, 5) is 20.4. The molecule has 2 N–H and O–H groups in total. The molecule has 0 saturated carbocycles. The molecule has 0 aliphatic carbocycles. The van der Waals surface area contributed by atoms with Gasteiger partial charge in [0, 0.05) is 42.4 Å². The van der Waals surface area contributed by atoms with Crippen molar-refractivity contribution in [3.8, 4) is 0 Å². The maximum absolute atomic E-state index is 12.0. The first-order valence-corrected chi connectivity index (χ1v) is 7.53. The molecule has 0 atom stereocenters. The number of aromatic nitrogens is 5. The van der Waals surface area contributed by atoms with Crippen LogP contribution in [0.3, 0.4) is 0 Å². The number of urea groups is 1. The number of halogens is 1. The van der Waals surface area contributed by atoms with E-state index in [9.17, 15) is 4.79 Å². The van der Waals surface area contributed by atoms with Crippen LogP contribution in [0.25, 0.3) is 11.3 Å². The third kappa shape index (κ3) is 2.86. The van der Waals surface area contributed by atoms with Gasteiger partial charge in [0.15, 0.2) is 5.65 Å². The van der Waals surface area contributed by atoms with Crippen LogP contribution in [0.1, 0.15) is 5.56 Å². The minimum absolute atomic E-state index is 0.207. The summed E-state index contributed by atoms with van der Waals surface area (Å²) >= 11 is 5.90. The maximum Gasteiger partial charge on any atom is 0.321 e. The number of amides is 2. The van der Waals surface area contributed by atoms with Crippen molar-refractivity contribution in [3.63, 3.8) is 0 Å². The topological polar surface area (TPSA) is 88.6 Å². The highest BCUT2D eigenvalue weighted by molar-refractivity contribution is 6.30. The standard InChI is InChI=1S/C15H12ClN7O/c16-11-2-5-23-13(8-11)19-14(21-23)20-15(24)18-9-10-1-4-22-6-3-17-12(22)7-10/h1-8H,9H2,(H2,18,20,21,24). The Labute approximate surface area is 141 Å². The van der Waals surface area contributed by atoms with Crippen LogP contribution >= 0.6 is 11.6 Å². The monoisotopic (exact) mass is 341 g/mol. The lowest BCUT2D eigenvalue weighted by Gasteiger charge is -2.05. The van der Waals surface area contributed by atoms with Gasteiger partial charge in [0.1, 0.15) is 5.65 Å². The molecule has 0 spiro atoms. The predicted molar refractivity (Wildman–Crippen MR) is 89.0 cm³/mol. The van der Waals surface area contributed by atoms with E-state index in [2.05, 4.69) is 25.7 Å². The molecule has 120 valence electrons. The van der Waals surface area contributed by atoms with Crippen LogP contribution in [0, 0.1) is 0 Å². The molecule has 9 heteroatoms. The normalized spacial score (nSPS) is 11.0. The quantitative estimate of drug-likeness (QED) is 0.598. The molecule has 8 nitrogen and oxygen atoms in total. The van der Waals surface area contributed by atoms with Crippen molar-refractivity contribution in [1.29, 1.82) is 0 Å². The number of carbonyl (C=O) groups is 1. The third-order valence-electron chi connectivity index (χ3n) is 3.44. The van der Waals surface area contributed by atoms with Crippen molar-refractivity contribution in [1.82, 2.24) is 29.3 Å². The number of hydrogen-bond acceptors (Lipinski definition) is 4. The summed E-state index contributed by atoms with van der Waals surface area (Å²) in [7, 11) is 0. The predicted octanol–water partition coefficient (Wildman–Crippen LogP) is 2.35. The maximum atomic E-state index is 12.0. The van der Waals surface area contributed by atoms with Crippen LogP contribution in [0.15, 0.2) is 49.1 Å². The number of nitrogens with zero attached hydrogens (tertiary/aromatic N) is 5. The fourth-order valence-electron chi connectivity index (χ4n) is 2.30. The molecule has 0 unspecified atom stereocenters. The van der Waals surface area contributed by atoms with Gasteiger partial charge in [-0.25, -0.2) is 14.3 Å². The second kappa shape index (κ2) is 5.82. The van der Waals surface area contributed by atoms with Crippen molar-refractivity contribution in [3.05, 3.63) is 59.6 Å². The molecule has 2 amide bonds. The lowest BCUT2D eigenvalue weighted by molar-refractivity contribution is 0.251. The molecule has 0 aromatic carbocycles. The van der Waals surface area contributed by atoms with Gasteiger partial charge in [-0.05, 0) is 23.8 Å². The smallest absolute Gasteiger partial charge is 0.321 e. The summed E-state index contributed by atoms with van der Waals surface area (Å²) in [5, 5.41) is 10.1. The Morgan fingerprint density at radius 2 is 2.08 bits per heavy atom. The van der Waals surface area contributed by atoms with Crippen LogP contribution in [-0.4, -0.2) is 30.0 Å². The molecule has 0 aliphatic rings. The molecular weight excluding hydrogens is 330 g/mol. The summed E-state index contributed by atoms with van der Waals surface area (Å²) in [6.45, 7) is 0.369. The molecule has 0 saturated heterocycles. The Morgan fingerprint density at radius 1 is 1.17 bits per heavy atom. The van der Waals surface area contributed by atoms with Crippen LogP contribution in [-0.2, 0) is 6.54 Å². The van der Waals surface area contributed by atoms with E-state index in [-0.39, 0.29) is 12.0 Å². The molecule has 0 aliphatic heterocycles. The Morgan fingerprint density at radius 3 is 3.00 bits per heavy atom. The zero-order valence-corrected chi connectivity index (χ0v) is 13.1. The number of hydrogen-bond donors (Lipinski definition) is 2. The second-order valence-electron chi connectivity index (χ2n) is 5.12. The largest absolute Gasteiger partial charge is 0.334 e. The number of anilines is 1. The number of nitrogens with one attached hydrogen (secondary N) is 2. The van der Waals surface area contributed by atoms with E-state index < -0.39 is 0 Å². The SMILES string of the molecule is O=C(NCc1ccn2ccnc2c1)Nc1nc2cc(Cl)ccn2n1. The first-order valence-electron chi connectivity index (χ1n) is 7.16. The first-order chi connectivity index (χ1) is 11.7. The van der Waals surface area contributed by atoms with Gasteiger partial charge in [-0.1, -0.05) is 11.6 Å². The first kappa shape index (κ1) is 14.5. The highest BCUT2D eigenvalue weighted by Gasteiger charge is 2.08. The van der Waals surface area contributed by atoms with Crippen LogP contribution < -0.4 is 10.6 Å². The van der Waals surface area contributed by atoms with Gasteiger partial charge >= 0.3 is 6.03 Å². The summed E-state index contributed by atoms with van der Waals surface area (Å²) in [5.74, 6) is 0.207. The van der Waals surface area contributed by atoms with Crippen LogP contribution in [0.5, 0.6) is 0 Å². The van der Waals surface area contributed by atoms with Crippen molar-refractivity contribution in [2.75, 3.05) is 5.32 Å². The van der Waals surface area contributed by atoms with E-state index in [0.29, 0.717) is 17.2 Å². The lowest BCUT2D eigenvalue weighted by atomic mass is 10.2. The molecule has 4 aromatic rings. The fourth-order valence-corrected chi connectivity index (χ4v) is 2.45. The van der Waals surface area contributed by atoms with Gasteiger partial charge in [0.2, 0.25) is 0 Å². The molecule has 4 rings (SSSR count). The van der Waals surface area contributed by atoms with Gasteiger partial charge in [0.05, 0.1) is 0 Å². The average Bonchev–Trinajstić information content (AvgIpc) is 3.17. The molecular formula is C15H12ClN7O. The number of carbonyl (C=O) groups excluding carboxylic acids is 1. The summed E-state index contributed by atoms with van der Waals surface area (Å²) < 4.78 is 3.43. The zero-order valence-electron chi connectivity index (χ0n) is 12.3. The Bertz CT molecular complexity index is 1040. The molecule has 0 fully saturated rings. The molecule has 4 heterocycles. The minimum Gasteiger partial charge on any atom is -0.334 e. The minimum atomic E-state index is -0.389. The van der Waals surface area contributed by atoms with E-state index >= 15 is 0 Å². The summed E-state index contributed by atoms with van der Waals surface area (Å²) in [6, 6.07) is 6.79. The number of pyridine rings is 2. The number of rotatable bonds is 3. The van der Waals surface area contributed by atoms with Gasteiger partial charge in [-0.15, -0.1) is 5.10 Å². The molecule has 24 heavy (non-hydrogen) atoms. The Kier molecular flexibility index (Phi) is 3.51. The summed E-state index contributed by atoms with van der Waals surface area (Å²) in [5.41, 5.74) is 2.33. The van der Waals surface area contributed by atoms with Gasteiger partial charge in [-0.2, -0.15) is 4.98 Å². The molecule has 4 aromatic heterocycles. The molecule has 0 radical (unpaired) electrons. The van der Waals surface area contributed by atoms with Crippen molar-refractivity contribution in [2.45, 2.75) is 6.54 Å². The lowest BCUT2D eigenvalue weighted by Crippen LogP contribution is -2.28. The van der Waals surface area contributed by atoms with E-state index in [1.54, 1.807) is 24.5 Å². The third-order valence-corrected chi connectivity index (χ3v) is 3.68. The zero-order chi connectivity index (χ0) is 16.5. The molecule has 0 bridgehead atoms. The van der Waals surface area contributed by atoms with Gasteiger partial charge in [0.25, 0.3) is 5.95 Å². The van der Waals surface area contributed by atoms with Crippen LogP contribution in [0.4, 0.5) is 10.7 Å². The number of fused-ring (bicyclic) bond motifs is 2. The van der Waals surface area contributed by atoms with Crippen molar-refractivity contribution >= 4 is 34.9 Å². The summed E-state index contributed by atoms with van der Waals surface area (Å²) in [6.07, 6.45) is 7.15. The van der Waals surface area contributed by atoms with Gasteiger partial charge < -0.3 is 9.72 Å². The van der Waals surface area contributed by atoms with E-state index in [1.807, 2.05) is 28.9 Å². The van der Waals surface area contributed by atoms with Crippen molar-refractivity contribution in [2.24, 2.45) is 0 Å². The van der Waals surface area contributed by atoms with Gasteiger partial charge in [-0.3, -0.25) is 5.32 Å². The Balaban J connectivity index is 1.41. The average molecular weight is 342 g/mol. The van der Waals surface area contributed by atoms with E-state index in [0.717, 1.165) is 11.2 Å². The van der Waals surface area contributed by atoms with E-state index in [4.69, 9.17) is 11.6 Å². The highest BCUT2D eigenvalue weighted by atomic mass is 35.5. The number of imidazole rings is 1. The second-order valence-corrected chi connectivity index (χ2v) is 5.55. The van der Waals surface area contributed by atoms with Crippen molar-refractivity contribution < 1.29 is 4.79 Å². The fraction of sp³-hybridized carbons (Fsp3) is 0.0667. The Hall–Kier alpha value is -3.13.